The topological polar surface area (TPSA) is 12.0 Å². The van der Waals surface area contributed by atoms with E-state index in [0.717, 1.165) is 11.2 Å². The summed E-state index contributed by atoms with van der Waals surface area (Å²) in [6.45, 7) is 5.70. The second-order valence-corrected chi connectivity index (χ2v) is 4.14. The molecule has 9 heavy (non-hydrogen) atoms. The van der Waals surface area contributed by atoms with Gasteiger partial charge in [0.15, 0.2) is 0 Å². The number of alkyl halides is 1. The van der Waals surface area contributed by atoms with Crippen LogP contribution in [0.15, 0.2) is 0 Å². The third-order valence-electron chi connectivity index (χ3n) is 1.89. The number of hydrogen-bond donors (Lipinski definition) is 1. The van der Waals surface area contributed by atoms with Gasteiger partial charge >= 0.3 is 0 Å². The van der Waals surface area contributed by atoms with Gasteiger partial charge in [-0.1, -0.05) is 15.9 Å². The van der Waals surface area contributed by atoms with Crippen molar-refractivity contribution in [3.63, 3.8) is 0 Å². The molecule has 0 amide bonds. The van der Waals surface area contributed by atoms with Crippen molar-refractivity contribution in [1.29, 1.82) is 0 Å². The van der Waals surface area contributed by atoms with Gasteiger partial charge in [0.25, 0.3) is 0 Å². The summed E-state index contributed by atoms with van der Waals surface area (Å²) in [6, 6.07) is 0. The summed E-state index contributed by atoms with van der Waals surface area (Å²) in [5.74, 6) is 0.847. The van der Waals surface area contributed by atoms with Crippen LogP contribution in [-0.2, 0) is 0 Å². The van der Waals surface area contributed by atoms with E-state index >= 15 is 0 Å². The van der Waals surface area contributed by atoms with E-state index in [1.54, 1.807) is 0 Å². The van der Waals surface area contributed by atoms with Crippen molar-refractivity contribution in [3.05, 3.63) is 0 Å². The maximum Gasteiger partial charge on any atom is 0.0128 e. The third-order valence-corrected chi connectivity index (χ3v) is 2.80. The van der Waals surface area contributed by atoms with Crippen LogP contribution in [-0.4, -0.2) is 17.4 Å². The van der Waals surface area contributed by atoms with Crippen LogP contribution in [0.25, 0.3) is 0 Å². The monoisotopic (exact) mass is 191 g/mol. The van der Waals surface area contributed by atoms with E-state index in [4.69, 9.17) is 0 Å². The maximum atomic E-state index is 3.49. The molecule has 1 N–H and O–H groups in total. The average Bonchev–Trinajstić information content (AvgIpc) is 2.10. The Balaban J connectivity index is 2.38. The minimum Gasteiger partial charge on any atom is -0.311 e. The SMILES string of the molecule is CC1(C)CC(CBr)CN1. The van der Waals surface area contributed by atoms with Crippen molar-refractivity contribution in [2.75, 3.05) is 11.9 Å². The van der Waals surface area contributed by atoms with Gasteiger partial charge in [0, 0.05) is 10.9 Å². The van der Waals surface area contributed by atoms with Gasteiger partial charge in [-0.15, -0.1) is 0 Å². The molecule has 0 spiro atoms. The molecule has 54 valence electrons. The fourth-order valence-electron chi connectivity index (χ4n) is 1.40. The van der Waals surface area contributed by atoms with E-state index in [1.165, 1.54) is 13.0 Å². The zero-order valence-electron chi connectivity index (χ0n) is 6.08. The van der Waals surface area contributed by atoms with Gasteiger partial charge in [0.05, 0.1) is 0 Å². The van der Waals surface area contributed by atoms with Crippen molar-refractivity contribution in [1.82, 2.24) is 5.32 Å². The quantitative estimate of drug-likeness (QED) is 0.624. The van der Waals surface area contributed by atoms with Gasteiger partial charge in [-0.3, -0.25) is 0 Å². The van der Waals surface area contributed by atoms with E-state index in [1.807, 2.05) is 0 Å². The van der Waals surface area contributed by atoms with Gasteiger partial charge in [-0.05, 0) is 32.7 Å². The Morgan fingerprint density at radius 2 is 2.33 bits per heavy atom. The lowest BCUT2D eigenvalue weighted by molar-refractivity contribution is 0.449. The summed E-state index contributed by atoms with van der Waals surface area (Å²) < 4.78 is 0. The highest BCUT2D eigenvalue weighted by Gasteiger charge is 2.28. The summed E-state index contributed by atoms with van der Waals surface area (Å²) in [6.07, 6.45) is 1.30. The molecular weight excluding hydrogens is 178 g/mol. The molecule has 1 aliphatic rings. The molecule has 1 aliphatic heterocycles. The highest BCUT2D eigenvalue weighted by atomic mass is 79.9. The van der Waals surface area contributed by atoms with Crippen molar-refractivity contribution in [2.24, 2.45) is 5.92 Å². The van der Waals surface area contributed by atoms with Crippen molar-refractivity contribution in [2.45, 2.75) is 25.8 Å². The van der Waals surface area contributed by atoms with E-state index in [2.05, 4.69) is 35.1 Å². The van der Waals surface area contributed by atoms with Crippen LogP contribution in [0.2, 0.25) is 0 Å². The Morgan fingerprint density at radius 3 is 2.56 bits per heavy atom. The molecule has 2 heteroatoms. The zero-order valence-corrected chi connectivity index (χ0v) is 7.66. The third kappa shape index (κ3) is 1.94. The predicted molar refractivity (Wildman–Crippen MR) is 44.0 cm³/mol. The molecule has 0 aliphatic carbocycles. The number of halogens is 1. The van der Waals surface area contributed by atoms with Crippen LogP contribution in [0.4, 0.5) is 0 Å². The molecule has 0 radical (unpaired) electrons. The summed E-state index contributed by atoms with van der Waals surface area (Å²) in [5.41, 5.74) is 0.387. The predicted octanol–water partition coefficient (Wildman–Crippen LogP) is 1.77. The minimum atomic E-state index is 0.387. The molecule has 1 nitrogen and oxygen atoms in total. The smallest absolute Gasteiger partial charge is 0.0128 e. The first kappa shape index (κ1) is 7.55. The Morgan fingerprint density at radius 1 is 1.67 bits per heavy atom. The molecule has 1 atom stereocenters. The highest BCUT2D eigenvalue weighted by Crippen LogP contribution is 2.23. The zero-order chi connectivity index (χ0) is 6.91. The van der Waals surface area contributed by atoms with Crippen LogP contribution in [0, 0.1) is 5.92 Å². The lowest BCUT2D eigenvalue weighted by Gasteiger charge is -2.16. The van der Waals surface area contributed by atoms with Gasteiger partial charge in [-0.2, -0.15) is 0 Å². The molecule has 0 aromatic heterocycles. The largest absolute Gasteiger partial charge is 0.311 e. The molecule has 1 unspecified atom stereocenters. The molecule has 0 saturated carbocycles. The maximum absolute atomic E-state index is 3.49. The van der Waals surface area contributed by atoms with Gasteiger partial charge in [0.1, 0.15) is 0 Å². The van der Waals surface area contributed by atoms with E-state index in [0.29, 0.717) is 5.54 Å². The normalized spacial score (nSPS) is 33.0. The Kier molecular flexibility index (Phi) is 2.17. The summed E-state index contributed by atoms with van der Waals surface area (Å²) in [5, 5.41) is 4.61. The molecule has 1 heterocycles. The molecule has 1 saturated heterocycles. The molecular formula is C7H14BrN. The minimum absolute atomic E-state index is 0.387. The summed E-state index contributed by atoms with van der Waals surface area (Å²) >= 11 is 3.49. The van der Waals surface area contributed by atoms with Crippen LogP contribution in [0.5, 0.6) is 0 Å². The van der Waals surface area contributed by atoms with Crippen molar-refractivity contribution >= 4 is 15.9 Å². The summed E-state index contributed by atoms with van der Waals surface area (Å²) in [4.78, 5) is 0. The number of rotatable bonds is 1. The van der Waals surface area contributed by atoms with Crippen LogP contribution in [0.3, 0.4) is 0 Å². The lowest BCUT2D eigenvalue weighted by Crippen LogP contribution is -2.31. The fourth-order valence-corrected chi connectivity index (χ4v) is 1.85. The first-order chi connectivity index (χ1) is 4.14. The van der Waals surface area contributed by atoms with Crippen LogP contribution < -0.4 is 5.32 Å². The van der Waals surface area contributed by atoms with Crippen LogP contribution >= 0.6 is 15.9 Å². The lowest BCUT2D eigenvalue weighted by atomic mass is 9.99. The van der Waals surface area contributed by atoms with Gasteiger partial charge in [0.2, 0.25) is 0 Å². The average molecular weight is 192 g/mol. The molecule has 0 aromatic rings. The molecule has 1 fully saturated rings. The molecule has 0 aromatic carbocycles. The first-order valence-corrected chi connectivity index (χ1v) is 4.57. The van der Waals surface area contributed by atoms with Crippen LogP contribution in [0.1, 0.15) is 20.3 Å². The van der Waals surface area contributed by atoms with E-state index < -0.39 is 0 Å². The van der Waals surface area contributed by atoms with Crippen molar-refractivity contribution < 1.29 is 0 Å². The second-order valence-electron chi connectivity index (χ2n) is 3.49. The Labute approximate surface area is 65.3 Å². The highest BCUT2D eigenvalue weighted by molar-refractivity contribution is 9.09. The van der Waals surface area contributed by atoms with E-state index in [9.17, 15) is 0 Å². The second kappa shape index (κ2) is 2.59. The molecule has 1 rings (SSSR count). The first-order valence-electron chi connectivity index (χ1n) is 3.45. The summed E-state index contributed by atoms with van der Waals surface area (Å²) in [7, 11) is 0. The van der Waals surface area contributed by atoms with E-state index in [-0.39, 0.29) is 0 Å². The molecule has 0 bridgehead atoms. The van der Waals surface area contributed by atoms with Gasteiger partial charge in [-0.25, -0.2) is 0 Å². The number of hydrogen-bond acceptors (Lipinski definition) is 1. The Hall–Kier alpha value is 0.440. The number of nitrogens with one attached hydrogen (secondary N) is 1. The van der Waals surface area contributed by atoms with Gasteiger partial charge < -0.3 is 5.32 Å². The standard InChI is InChI=1S/C7H14BrN/c1-7(2)3-6(4-8)5-9-7/h6,9H,3-5H2,1-2H3. The Bertz CT molecular complexity index is 101. The fraction of sp³-hybridized carbons (Fsp3) is 1.00. The van der Waals surface area contributed by atoms with Crippen molar-refractivity contribution in [3.8, 4) is 0 Å².